The molecule has 4 aliphatic rings. The van der Waals surface area contributed by atoms with Crippen LogP contribution >= 0.6 is 15.9 Å². The van der Waals surface area contributed by atoms with E-state index >= 15 is 0 Å². The Kier molecular flexibility index (Phi) is 5.76. The Balaban J connectivity index is 1.49. The molecular weight excluding hydrogens is 568 g/mol. The van der Waals surface area contributed by atoms with E-state index in [1.54, 1.807) is 19.1 Å². The number of anilines is 1. The third kappa shape index (κ3) is 3.73. The first-order valence-corrected chi connectivity index (χ1v) is 13.2. The molecule has 1 N–H and O–H groups in total. The molecule has 0 aromatic heterocycles. The van der Waals surface area contributed by atoms with Crippen LogP contribution in [0.25, 0.3) is 0 Å². The molecule has 196 valence electrons. The van der Waals surface area contributed by atoms with Crippen molar-refractivity contribution >= 4 is 50.7 Å². The number of benzene rings is 2. The van der Waals surface area contributed by atoms with Crippen LogP contribution in [0.3, 0.4) is 0 Å². The highest BCUT2D eigenvalue weighted by Crippen LogP contribution is 2.56. The summed E-state index contributed by atoms with van der Waals surface area (Å²) >= 11 is 3.43. The summed E-state index contributed by atoms with van der Waals surface area (Å²) in [5.41, 5.74) is 1.89. The fourth-order valence-electron chi connectivity index (χ4n) is 6.47. The molecule has 0 saturated carbocycles. The predicted octanol–water partition coefficient (Wildman–Crippen LogP) is 4.70. The molecule has 10 heteroatoms. The highest BCUT2D eigenvalue weighted by molar-refractivity contribution is 9.10. The summed E-state index contributed by atoms with van der Waals surface area (Å²) in [7, 11) is 0. The number of hydrogen-bond donors (Lipinski definition) is 1. The smallest absolute Gasteiger partial charge is 0.271 e. The van der Waals surface area contributed by atoms with Crippen molar-refractivity contribution in [2.75, 3.05) is 4.90 Å². The van der Waals surface area contributed by atoms with Crippen LogP contribution in [-0.2, 0) is 19.2 Å². The number of fused-ring (bicyclic) bond motifs is 3. The van der Waals surface area contributed by atoms with Crippen LogP contribution in [0.1, 0.15) is 31.2 Å². The number of non-ortho nitro benzene ring substituents is 1. The number of nitrogens with zero attached hydrogens (tertiary/aromatic N) is 2. The maximum atomic E-state index is 13.9. The van der Waals surface area contributed by atoms with E-state index in [-0.39, 0.29) is 47.1 Å². The van der Waals surface area contributed by atoms with Gasteiger partial charge < -0.3 is 5.11 Å². The Morgan fingerprint density at radius 1 is 1.05 bits per heavy atom. The minimum absolute atomic E-state index is 0.0572. The summed E-state index contributed by atoms with van der Waals surface area (Å²) in [6.07, 6.45) is 3.47. The lowest BCUT2D eigenvalue weighted by Crippen LogP contribution is -2.39. The number of hydrogen-bond acceptors (Lipinski definition) is 7. The topological polar surface area (TPSA) is 135 Å². The second kappa shape index (κ2) is 8.94. The van der Waals surface area contributed by atoms with E-state index in [4.69, 9.17) is 0 Å². The molecule has 6 rings (SSSR count). The first-order valence-electron chi connectivity index (χ1n) is 12.4. The Bertz CT molecular complexity index is 1640. The average molecular weight is 589 g/mol. The molecule has 0 bridgehead atoms. The van der Waals surface area contributed by atoms with Crippen LogP contribution in [0, 0.1) is 27.9 Å². The summed E-state index contributed by atoms with van der Waals surface area (Å²) in [4.78, 5) is 65.8. The van der Waals surface area contributed by atoms with Gasteiger partial charge in [0.25, 0.3) is 5.69 Å². The summed E-state index contributed by atoms with van der Waals surface area (Å²) in [5, 5.41) is 22.2. The number of ketones is 2. The van der Waals surface area contributed by atoms with Gasteiger partial charge >= 0.3 is 0 Å². The first kappa shape index (κ1) is 25.1. The Hall–Kier alpha value is -4.18. The number of halogens is 1. The van der Waals surface area contributed by atoms with Gasteiger partial charge in [0.05, 0.1) is 22.4 Å². The second-order valence-corrected chi connectivity index (χ2v) is 11.1. The molecule has 1 fully saturated rings. The van der Waals surface area contributed by atoms with Crippen LogP contribution < -0.4 is 4.90 Å². The number of carbonyl (C=O) groups excluding carboxylic acids is 4. The molecule has 0 unspecified atom stereocenters. The molecule has 9 nitrogen and oxygen atoms in total. The van der Waals surface area contributed by atoms with E-state index < -0.39 is 40.4 Å². The zero-order valence-electron chi connectivity index (χ0n) is 20.6. The average Bonchev–Trinajstić information content (AvgIpc) is 3.17. The molecular formula is C29H21BrN2O7. The van der Waals surface area contributed by atoms with Gasteiger partial charge in [-0.25, -0.2) is 4.90 Å². The Morgan fingerprint density at radius 2 is 1.82 bits per heavy atom. The number of nitro groups is 1. The van der Waals surface area contributed by atoms with E-state index in [0.717, 1.165) is 4.90 Å². The molecule has 1 saturated heterocycles. The van der Waals surface area contributed by atoms with Crippen LogP contribution in [0.4, 0.5) is 11.4 Å². The molecule has 0 radical (unpaired) electrons. The number of Topliss-reactive ketones (excluding diaryl/α,β-unsaturated/α-hetero) is 1. The van der Waals surface area contributed by atoms with Gasteiger partial charge in [-0.05, 0) is 56.0 Å². The minimum Gasteiger partial charge on any atom is -0.508 e. The summed E-state index contributed by atoms with van der Waals surface area (Å²) in [6, 6.07) is 10.2. The fraction of sp³-hybridized carbons (Fsp3) is 0.241. The molecule has 2 aromatic carbocycles. The third-order valence-electron chi connectivity index (χ3n) is 8.16. The Labute approximate surface area is 230 Å². The first-order chi connectivity index (χ1) is 18.6. The molecule has 1 aliphatic heterocycles. The number of imide groups is 1. The van der Waals surface area contributed by atoms with Gasteiger partial charge in [0.15, 0.2) is 11.6 Å². The number of aromatic hydroxyl groups is 1. The highest BCUT2D eigenvalue weighted by atomic mass is 79.9. The van der Waals surface area contributed by atoms with Crippen molar-refractivity contribution in [2.45, 2.75) is 25.7 Å². The van der Waals surface area contributed by atoms with Crippen LogP contribution in [0.5, 0.6) is 5.75 Å². The van der Waals surface area contributed by atoms with Crippen molar-refractivity contribution in [3.63, 3.8) is 0 Å². The van der Waals surface area contributed by atoms with E-state index in [2.05, 4.69) is 15.9 Å². The van der Waals surface area contributed by atoms with Crippen molar-refractivity contribution in [2.24, 2.45) is 17.8 Å². The Morgan fingerprint density at radius 3 is 2.56 bits per heavy atom. The second-order valence-electron chi connectivity index (χ2n) is 10.2. The third-order valence-corrected chi connectivity index (χ3v) is 8.66. The number of allylic oxidation sites excluding steroid dienone is 6. The number of rotatable bonds is 3. The lowest BCUT2D eigenvalue weighted by atomic mass is 9.59. The number of carbonyl (C=O) groups is 4. The summed E-state index contributed by atoms with van der Waals surface area (Å²) < 4.78 is 0.666. The molecule has 2 aromatic rings. The number of phenolic OH excluding ortho intramolecular Hbond substituents is 1. The fourth-order valence-corrected chi connectivity index (χ4v) is 6.85. The molecule has 39 heavy (non-hydrogen) atoms. The van der Waals surface area contributed by atoms with Gasteiger partial charge in [-0.1, -0.05) is 33.6 Å². The van der Waals surface area contributed by atoms with Crippen LogP contribution in [0.15, 0.2) is 81.4 Å². The van der Waals surface area contributed by atoms with Crippen molar-refractivity contribution in [1.29, 1.82) is 0 Å². The molecule has 3 aliphatic carbocycles. The number of amides is 2. The number of nitro benzene ring substituents is 1. The quantitative estimate of drug-likeness (QED) is 0.180. The molecule has 2 amide bonds. The van der Waals surface area contributed by atoms with Crippen molar-refractivity contribution in [1.82, 2.24) is 0 Å². The zero-order chi connectivity index (χ0) is 27.7. The lowest BCUT2D eigenvalue weighted by Gasteiger charge is -2.42. The minimum atomic E-state index is -0.822. The van der Waals surface area contributed by atoms with Crippen LogP contribution in [-0.4, -0.2) is 33.4 Å². The normalized spacial score (nSPS) is 26.2. The molecule has 4 atom stereocenters. The SMILES string of the molecule is CC1=CC(=O)C2=C(C1=O)[C@@H](c1cc(Br)ccc1O)C1=CC[C@@H]3C(=O)N(c4cccc([N+](=O)[O-])c4)C(=O)[C@@H]3[C@@H]1C2. The van der Waals surface area contributed by atoms with Crippen molar-refractivity contribution in [3.05, 3.63) is 97.1 Å². The molecule has 0 spiro atoms. The van der Waals surface area contributed by atoms with Gasteiger partial charge in [-0.3, -0.25) is 29.3 Å². The van der Waals surface area contributed by atoms with E-state index in [9.17, 15) is 34.4 Å². The maximum Gasteiger partial charge on any atom is 0.271 e. The van der Waals surface area contributed by atoms with Gasteiger partial charge in [-0.15, -0.1) is 0 Å². The predicted molar refractivity (Wildman–Crippen MR) is 143 cm³/mol. The molecule has 1 heterocycles. The van der Waals surface area contributed by atoms with Gasteiger partial charge in [-0.2, -0.15) is 0 Å². The maximum absolute atomic E-state index is 13.9. The van der Waals surface area contributed by atoms with Gasteiger partial charge in [0.1, 0.15) is 5.75 Å². The monoisotopic (exact) mass is 588 g/mol. The van der Waals surface area contributed by atoms with E-state index in [0.29, 0.717) is 26.8 Å². The summed E-state index contributed by atoms with van der Waals surface area (Å²) in [5.74, 6) is -4.50. The lowest BCUT2D eigenvalue weighted by molar-refractivity contribution is -0.384. The highest BCUT2D eigenvalue weighted by Gasteiger charge is 2.57. The standard InChI is InChI=1S/C29H21BrN2O7/c1-13-9-23(34)21-12-19-17(24(26(21)27(13)35)20-10-14(30)5-8-22(20)33)6-7-18-25(19)29(37)31(28(18)36)15-3-2-4-16(11-15)32(38)39/h2-6,8-11,18-19,24-25,33H,7,12H2,1H3/t18-,19+,24+,25-/m0/s1. The van der Waals surface area contributed by atoms with Crippen LogP contribution in [0.2, 0.25) is 0 Å². The van der Waals surface area contributed by atoms with Gasteiger partial charge in [0, 0.05) is 44.8 Å². The van der Waals surface area contributed by atoms with Gasteiger partial charge in [0.2, 0.25) is 11.8 Å². The van der Waals surface area contributed by atoms with E-state index in [1.807, 2.05) is 6.08 Å². The number of phenols is 1. The van der Waals surface area contributed by atoms with E-state index in [1.165, 1.54) is 36.4 Å². The largest absolute Gasteiger partial charge is 0.508 e. The van der Waals surface area contributed by atoms with Crippen molar-refractivity contribution in [3.8, 4) is 5.75 Å². The zero-order valence-corrected chi connectivity index (χ0v) is 22.2. The summed E-state index contributed by atoms with van der Waals surface area (Å²) in [6.45, 7) is 1.58. The van der Waals surface area contributed by atoms with Crippen molar-refractivity contribution < 1.29 is 29.2 Å².